The van der Waals surface area contributed by atoms with E-state index in [1.54, 1.807) is 53.2 Å². The zero-order valence-corrected chi connectivity index (χ0v) is 20.1. The van der Waals surface area contributed by atoms with Crippen molar-refractivity contribution >= 4 is 38.5 Å². The number of sulfonamides is 1. The first-order valence-corrected chi connectivity index (χ1v) is 13.0. The lowest BCUT2D eigenvalue weighted by atomic mass is 10.0. The van der Waals surface area contributed by atoms with Crippen molar-refractivity contribution < 1.29 is 8.42 Å². The van der Waals surface area contributed by atoms with Crippen molar-refractivity contribution in [2.75, 3.05) is 4.72 Å². The molecule has 1 heterocycles. The van der Waals surface area contributed by atoms with E-state index in [9.17, 15) is 13.2 Å². The molecule has 1 fully saturated rings. The molecule has 0 atom stereocenters. The van der Waals surface area contributed by atoms with Crippen molar-refractivity contribution in [3.8, 4) is 0 Å². The second-order valence-electron chi connectivity index (χ2n) is 8.47. The number of fused-ring (bicyclic) bond motifs is 1. The summed E-state index contributed by atoms with van der Waals surface area (Å²) in [6, 6.07) is 8.90. The minimum atomic E-state index is -3.76. The van der Waals surface area contributed by atoms with Gasteiger partial charge < -0.3 is 0 Å². The second-order valence-corrected chi connectivity index (χ2v) is 11.5. The van der Waals surface area contributed by atoms with Crippen LogP contribution in [0.3, 0.4) is 0 Å². The summed E-state index contributed by atoms with van der Waals surface area (Å²) in [7, 11) is -0.301. The minimum absolute atomic E-state index is 0.127. The third-order valence-electron chi connectivity index (χ3n) is 6.25. The number of nitrogens with zero attached hydrogens (tertiary/aromatic N) is 2. The summed E-state index contributed by atoms with van der Waals surface area (Å²) >= 11 is 1.72. The molecule has 8 heteroatoms. The number of hydrogen-bond acceptors (Lipinski definition) is 4. The largest absolute Gasteiger partial charge is 0.328 e. The summed E-state index contributed by atoms with van der Waals surface area (Å²) < 4.78 is 32.4. The van der Waals surface area contributed by atoms with Gasteiger partial charge in [-0.2, -0.15) is 0 Å². The van der Waals surface area contributed by atoms with E-state index in [1.807, 2.05) is 26.0 Å². The molecule has 0 amide bonds. The maximum Gasteiger partial charge on any atom is 0.328 e. The summed E-state index contributed by atoms with van der Waals surface area (Å²) in [5.74, 6) is 0. The summed E-state index contributed by atoms with van der Waals surface area (Å²) in [5, 5.41) is 0.455. The fourth-order valence-corrected chi connectivity index (χ4v) is 6.72. The number of aryl methyl sites for hydroxylation is 4. The Hall–Kier alpha value is -2.19. The molecule has 0 bridgehead atoms. The second kappa shape index (κ2) is 8.39. The lowest BCUT2D eigenvalue weighted by Crippen LogP contribution is -2.19. The number of aromatic nitrogens is 2. The normalized spacial score (nSPS) is 15.5. The smallest absolute Gasteiger partial charge is 0.295 e. The molecule has 1 N–H and O–H groups in total. The Morgan fingerprint density at radius 1 is 0.935 bits per heavy atom. The average molecular weight is 460 g/mol. The molecule has 31 heavy (non-hydrogen) atoms. The van der Waals surface area contributed by atoms with Gasteiger partial charge in [0.05, 0.1) is 21.6 Å². The minimum Gasteiger partial charge on any atom is -0.295 e. The maximum absolute atomic E-state index is 13.2. The number of thioether (sulfide) groups is 1. The standard InChI is InChI=1S/C23H29N3O3S2/c1-15-10-11-18(12-16(15)2)31(28,29)24-19-13-20-21(26(4)23(27)25(20)3)14-22(19)30-17-8-6-5-7-9-17/h10-14,17,24H,5-9H2,1-4H3. The molecule has 0 radical (unpaired) electrons. The Balaban J connectivity index is 1.80. The fourth-order valence-electron chi connectivity index (χ4n) is 4.15. The Labute approximate surface area is 187 Å². The molecule has 166 valence electrons. The Morgan fingerprint density at radius 2 is 1.58 bits per heavy atom. The number of anilines is 1. The van der Waals surface area contributed by atoms with Crippen LogP contribution in [0.5, 0.6) is 0 Å². The van der Waals surface area contributed by atoms with E-state index in [-0.39, 0.29) is 10.6 Å². The summed E-state index contributed by atoms with van der Waals surface area (Å²) in [6.45, 7) is 3.87. The lowest BCUT2D eigenvalue weighted by molar-refractivity contribution is 0.516. The van der Waals surface area contributed by atoms with Gasteiger partial charge in [0.2, 0.25) is 0 Å². The highest BCUT2D eigenvalue weighted by Crippen LogP contribution is 2.39. The average Bonchev–Trinajstić information content (AvgIpc) is 2.94. The molecule has 1 aliphatic carbocycles. The molecule has 2 aromatic carbocycles. The fraction of sp³-hybridized carbons (Fsp3) is 0.435. The zero-order valence-electron chi connectivity index (χ0n) is 18.4. The van der Waals surface area contributed by atoms with Gasteiger partial charge in [0, 0.05) is 24.2 Å². The van der Waals surface area contributed by atoms with Crippen molar-refractivity contribution in [2.24, 2.45) is 14.1 Å². The van der Waals surface area contributed by atoms with Crippen LogP contribution in [0.2, 0.25) is 0 Å². The van der Waals surface area contributed by atoms with E-state index in [0.717, 1.165) is 34.4 Å². The predicted molar refractivity (Wildman–Crippen MR) is 128 cm³/mol. The third kappa shape index (κ3) is 4.28. The SMILES string of the molecule is Cc1ccc(S(=O)(=O)Nc2cc3c(cc2SC2CCCCC2)n(C)c(=O)n3C)cc1C. The van der Waals surface area contributed by atoms with Crippen LogP contribution in [0.15, 0.2) is 44.9 Å². The summed E-state index contributed by atoms with van der Waals surface area (Å²) in [6.07, 6.45) is 5.91. The van der Waals surface area contributed by atoms with Gasteiger partial charge >= 0.3 is 5.69 Å². The van der Waals surface area contributed by atoms with Crippen LogP contribution in [-0.2, 0) is 24.1 Å². The van der Waals surface area contributed by atoms with Gasteiger partial charge in [0.25, 0.3) is 10.0 Å². The maximum atomic E-state index is 13.2. The van der Waals surface area contributed by atoms with Gasteiger partial charge in [-0.15, -0.1) is 11.8 Å². The number of nitrogens with one attached hydrogen (secondary N) is 1. The van der Waals surface area contributed by atoms with Gasteiger partial charge in [-0.3, -0.25) is 13.9 Å². The highest BCUT2D eigenvalue weighted by Gasteiger charge is 2.22. The number of rotatable bonds is 5. The molecular weight excluding hydrogens is 430 g/mol. The Morgan fingerprint density at radius 3 is 2.23 bits per heavy atom. The van der Waals surface area contributed by atoms with Gasteiger partial charge in [-0.05, 0) is 62.1 Å². The van der Waals surface area contributed by atoms with Crippen LogP contribution in [0, 0.1) is 13.8 Å². The highest BCUT2D eigenvalue weighted by atomic mass is 32.2. The first-order chi connectivity index (χ1) is 14.7. The quantitative estimate of drug-likeness (QED) is 0.599. The van der Waals surface area contributed by atoms with Gasteiger partial charge in [-0.1, -0.05) is 25.3 Å². The number of benzene rings is 2. The Kier molecular flexibility index (Phi) is 5.96. The van der Waals surface area contributed by atoms with E-state index in [4.69, 9.17) is 0 Å². The molecule has 4 rings (SSSR count). The summed E-state index contributed by atoms with van der Waals surface area (Å²) in [4.78, 5) is 13.6. The monoisotopic (exact) mass is 459 g/mol. The van der Waals surface area contributed by atoms with Crippen molar-refractivity contribution in [1.29, 1.82) is 0 Å². The third-order valence-corrected chi connectivity index (χ3v) is 9.01. The van der Waals surface area contributed by atoms with Crippen LogP contribution in [0.25, 0.3) is 11.0 Å². The van der Waals surface area contributed by atoms with Crippen molar-refractivity contribution in [2.45, 2.75) is 61.0 Å². The van der Waals surface area contributed by atoms with Crippen LogP contribution in [0.4, 0.5) is 5.69 Å². The van der Waals surface area contributed by atoms with E-state index in [1.165, 1.54) is 19.3 Å². The first-order valence-electron chi connectivity index (χ1n) is 10.6. The van der Waals surface area contributed by atoms with Crippen LogP contribution >= 0.6 is 11.8 Å². The topological polar surface area (TPSA) is 73.1 Å². The molecular formula is C23H29N3O3S2. The first kappa shape index (κ1) is 22.0. The highest BCUT2D eigenvalue weighted by molar-refractivity contribution is 8.00. The molecule has 6 nitrogen and oxygen atoms in total. The lowest BCUT2D eigenvalue weighted by Gasteiger charge is -2.22. The van der Waals surface area contributed by atoms with Crippen molar-refractivity contribution in [1.82, 2.24) is 9.13 Å². The van der Waals surface area contributed by atoms with E-state index in [0.29, 0.717) is 16.5 Å². The van der Waals surface area contributed by atoms with Gasteiger partial charge in [-0.25, -0.2) is 13.2 Å². The van der Waals surface area contributed by atoms with Gasteiger partial charge in [0.1, 0.15) is 0 Å². The van der Waals surface area contributed by atoms with Crippen LogP contribution in [0.1, 0.15) is 43.2 Å². The predicted octanol–water partition coefficient (Wildman–Crippen LogP) is 4.72. The zero-order chi connectivity index (χ0) is 22.3. The van der Waals surface area contributed by atoms with Gasteiger partial charge in [0.15, 0.2) is 0 Å². The van der Waals surface area contributed by atoms with E-state index < -0.39 is 10.0 Å². The Bertz CT molecular complexity index is 1300. The molecule has 1 saturated carbocycles. The van der Waals surface area contributed by atoms with Crippen LogP contribution < -0.4 is 10.4 Å². The molecule has 3 aromatic rings. The van der Waals surface area contributed by atoms with Crippen LogP contribution in [-0.4, -0.2) is 22.8 Å². The number of imidazole rings is 1. The number of hydrogen-bond donors (Lipinski definition) is 1. The molecule has 0 spiro atoms. The molecule has 0 aliphatic heterocycles. The van der Waals surface area contributed by atoms with Crippen molar-refractivity contribution in [3.05, 3.63) is 51.9 Å². The van der Waals surface area contributed by atoms with E-state index >= 15 is 0 Å². The van der Waals surface area contributed by atoms with E-state index in [2.05, 4.69) is 4.72 Å². The molecule has 0 saturated heterocycles. The molecule has 1 aliphatic rings. The summed E-state index contributed by atoms with van der Waals surface area (Å²) in [5.41, 5.74) is 3.90. The molecule has 0 unspecified atom stereocenters. The molecule has 1 aromatic heterocycles. The van der Waals surface area contributed by atoms with Crippen molar-refractivity contribution in [3.63, 3.8) is 0 Å².